The molecule has 0 spiro atoms. The molecule has 0 bridgehead atoms. The van der Waals surface area contributed by atoms with Crippen LogP contribution >= 0.6 is 11.3 Å². The van der Waals surface area contributed by atoms with Gasteiger partial charge in [-0.05, 0) is 43.2 Å². The lowest BCUT2D eigenvalue weighted by Gasteiger charge is -2.19. The van der Waals surface area contributed by atoms with Crippen molar-refractivity contribution in [1.82, 2.24) is 4.98 Å². The first kappa shape index (κ1) is 16.7. The molecule has 1 amide bonds. The van der Waals surface area contributed by atoms with Crippen molar-refractivity contribution in [3.05, 3.63) is 47.4 Å². The summed E-state index contributed by atoms with van der Waals surface area (Å²) in [7, 11) is 4.14. The number of hydrogen-bond donors (Lipinski definition) is 1. The second-order valence-corrected chi connectivity index (χ2v) is 7.25. The molecule has 2 heterocycles. The molecule has 126 valence electrons. The standard InChI is InChI=1S/C18H21N3O2S/c1-12-7-8-15-16(13(12)2)19-18(24-15)21(10-9-20(3)4)17(22)14-6-5-11-23-14/h5-8,11H,9-10H2,1-4H3/p+1. The van der Waals surface area contributed by atoms with Crippen molar-refractivity contribution in [2.24, 2.45) is 0 Å². The van der Waals surface area contributed by atoms with Crippen LogP contribution in [-0.2, 0) is 0 Å². The maximum absolute atomic E-state index is 12.8. The summed E-state index contributed by atoms with van der Waals surface area (Å²) in [5.41, 5.74) is 3.35. The quantitative estimate of drug-likeness (QED) is 0.773. The van der Waals surface area contributed by atoms with Gasteiger partial charge in [-0.25, -0.2) is 4.98 Å². The van der Waals surface area contributed by atoms with E-state index in [1.165, 1.54) is 22.3 Å². The highest BCUT2D eigenvalue weighted by Crippen LogP contribution is 2.32. The van der Waals surface area contributed by atoms with Gasteiger partial charge < -0.3 is 9.32 Å². The number of rotatable bonds is 5. The number of amides is 1. The van der Waals surface area contributed by atoms with Crippen molar-refractivity contribution in [2.45, 2.75) is 13.8 Å². The highest BCUT2D eigenvalue weighted by atomic mass is 32.1. The van der Waals surface area contributed by atoms with E-state index >= 15 is 0 Å². The van der Waals surface area contributed by atoms with Crippen molar-refractivity contribution in [3.8, 4) is 0 Å². The number of nitrogens with one attached hydrogen (secondary N) is 1. The molecule has 3 aromatic rings. The molecule has 0 atom stereocenters. The molecule has 2 aromatic heterocycles. The molecule has 5 nitrogen and oxygen atoms in total. The minimum absolute atomic E-state index is 0.144. The first-order valence-electron chi connectivity index (χ1n) is 7.98. The molecule has 0 radical (unpaired) electrons. The maximum atomic E-state index is 12.8. The number of anilines is 1. The molecular weight excluding hydrogens is 322 g/mol. The van der Waals surface area contributed by atoms with Crippen molar-refractivity contribution in [2.75, 3.05) is 32.1 Å². The summed E-state index contributed by atoms with van der Waals surface area (Å²) in [4.78, 5) is 20.6. The predicted molar refractivity (Wildman–Crippen MR) is 97.2 cm³/mol. The number of aryl methyl sites for hydroxylation is 2. The van der Waals surface area contributed by atoms with E-state index in [0.717, 1.165) is 21.9 Å². The third-order valence-corrected chi connectivity index (χ3v) is 5.16. The van der Waals surface area contributed by atoms with Crippen LogP contribution in [0.1, 0.15) is 21.7 Å². The monoisotopic (exact) mass is 344 g/mol. The average molecular weight is 344 g/mol. The van der Waals surface area contributed by atoms with E-state index in [0.29, 0.717) is 12.3 Å². The van der Waals surface area contributed by atoms with Crippen LogP contribution in [0.5, 0.6) is 0 Å². The third kappa shape index (κ3) is 3.20. The third-order valence-electron chi connectivity index (χ3n) is 4.12. The zero-order valence-corrected chi connectivity index (χ0v) is 15.2. The van der Waals surface area contributed by atoms with Crippen molar-refractivity contribution in [1.29, 1.82) is 0 Å². The summed E-state index contributed by atoms with van der Waals surface area (Å²) in [5.74, 6) is 0.200. The Labute approximate surface area is 145 Å². The van der Waals surface area contributed by atoms with Gasteiger partial charge in [0, 0.05) is 0 Å². The number of benzene rings is 1. The Bertz CT molecular complexity index is 853. The van der Waals surface area contributed by atoms with Gasteiger partial charge in [-0.1, -0.05) is 17.4 Å². The molecule has 1 N–H and O–H groups in total. The summed E-state index contributed by atoms with van der Waals surface area (Å²) < 4.78 is 6.40. The highest BCUT2D eigenvalue weighted by Gasteiger charge is 2.24. The summed E-state index contributed by atoms with van der Waals surface area (Å²) in [6.07, 6.45) is 1.52. The van der Waals surface area contributed by atoms with E-state index in [9.17, 15) is 4.79 Å². The summed E-state index contributed by atoms with van der Waals surface area (Å²) in [6.45, 7) is 5.58. The maximum Gasteiger partial charge on any atom is 0.295 e. The van der Waals surface area contributed by atoms with Gasteiger partial charge in [0.2, 0.25) is 0 Å². The van der Waals surface area contributed by atoms with Crippen molar-refractivity contribution in [3.63, 3.8) is 0 Å². The molecule has 0 saturated heterocycles. The number of likely N-dealkylation sites (N-methyl/N-ethyl adjacent to an activating group) is 1. The van der Waals surface area contributed by atoms with Crippen LogP contribution < -0.4 is 9.80 Å². The number of thiazole rings is 1. The van der Waals surface area contributed by atoms with Crippen LogP contribution in [0, 0.1) is 13.8 Å². The van der Waals surface area contributed by atoms with Crippen molar-refractivity contribution >= 4 is 32.6 Å². The van der Waals surface area contributed by atoms with Gasteiger partial charge in [0.25, 0.3) is 5.91 Å². The Balaban J connectivity index is 2.01. The first-order valence-corrected chi connectivity index (χ1v) is 8.80. The van der Waals surface area contributed by atoms with Gasteiger partial charge in [0.15, 0.2) is 10.9 Å². The van der Waals surface area contributed by atoms with E-state index in [4.69, 9.17) is 9.40 Å². The fraction of sp³-hybridized carbons (Fsp3) is 0.333. The van der Waals surface area contributed by atoms with Gasteiger partial charge in [-0.15, -0.1) is 0 Å². The Hall–Kier alpha value is -2.18. The van der Waals surface area contributed by atoms with E-state index in [2.05, 4.69) is 40.1 Å². The number of nitrogens with zero attached hydrogens (tertiary/aromatic N) is 2. The van der Waals surface area contributed by atoms with Crippen LogP contribution in [0.3, 0.4) is 0 Å². The average Bonchev–Trinajstić information content (AvgIpc) is 3.20. The summed E-state index contributed by atoms with van der Waals surface area (Å²) >= 11 is 1.55. The van der Waals surface area contributed by atoms with E-state index < -0.39 is 0 Å². The Kier molecular flexibility index (Phi) is 4.69. The second-order valence-electron chi connectivity index (χ2n) is 6.24. The van der Waals surface area contributed by atoms with Gasteiger partial charge >= 0.3 is 0 Å². The largest absolute Gasteiger partial charge is 0.459 e. The first-order chi connectivity index (χ1) is 11.5. The number of furan rings is 1. The molecular formula is C18H22N3O2S+. The van der Waals surface area contributed by atoms with Gasteiger partial charge in [-0.2, -0.15) is 0 Å². The zero-order chi connectivity index (χ0) is 17.3. The van der Waals surface area contributed by atoms with Crippen LogP contribution in [0.25, 0.3) is 10.2 Å². The number of fused-ring (bicyclic) bond motifs is 1. The fourth-order valence-corrected chi connectivity index (χ4v) is 3.53. The van der Waals surface area contributed by atoms with E-state index in [1.807, 2.05) is 0 Å². The smallest absolute Gasteiger partial charge is 0.295 e. The van der Waals surface area contributed by atoms with Crippen LogP contribution in [-0.4, -0.2) is 38.1 Å². The molecule has 0 saturated carbocycles. The molecule has 0 fully saturated rings. The fourth-order valence-electron chi connectivity index (χ4n) is 2.48. The minimum Gasteiger partial charge on any atom is -0.459 e. The number of quaternary nitrogens is 1. The molecule has 0 unspecified atom stereocenters. The van der Waals surface area contributed by atoms with Crippen LogP contribution in [0.2, 0.25) is 0 Å². The molecule has 6 heteroatoms. The Morgan fingerprint density at radius 3 is 2.75 bits per heavy atom. The van der Waals surface area contributed by atoms with Crippen LogP contribution in [0.15, 0.2) is 34.9 Å². The number of carbonyl (C=O) groups excluding carboxylic acids is 1. The highest BCUT2D eigenvalue weighted by molar-refractivity contribution is 7.22. The lowest BCUT2D eigenvalue weighted by Crippen LogP contribution is -3.06. The molecule has 0 aliphatic heterocycles. The normalized spacial score (nSPS) is 11.4. The van der Waals surface area contributed by atoms with E-state index in [1.54, 1.807) is 28.4 Å². The predicted octanol–water partition coefficient (Wildman–Crippen LogP) is 2.30. The zero-order valence-electron chi connectivity index (χ0n) is 14.4. The van der Waals surface area contributed by atoms with Crippen LogP contribution in [0.4, 0.5) is 5.13 Å². The number of aromatic nitrogens is 1. The number of hydrogen-bond acceptors (Lipinski definition) is 4. The summed E-state index contributed by atoms with van der Waals surface area (Å²) in [6, 6.07) is 7.60. The summed E-state index contributed by atoms with van der Waals surface area (Å²) in [5, 5.41) is 0.723. The molecule has 3 rings (SSSR count). The number of carbonyl (C=O) groups is 1. The lowest BCUT2D eigenvalue weighted by atomic mass is 10.1. The van der Waals surface area contributed by atoms with E-state index in [-0.39, 0.29) is 5.91 Å². The SMILES string of the molecule is Cc1ccc2sc(N(CC[NH+](C)C)C(=O)c3ccco3)nc2c1C. The van der Waals surface area contributed by atoms with Gasteiger partial charge in [0.1, 0.15) is 0 Å². The molecule has 0 aliphatic carbocycles. The molecule has 24 heavy (non-hydrogen) atoms. The van der Waals surface area contributed by atoms with Gasteiger partial charge in [0.05, 0.1) is 43.7 Å². The molecule has 0 aliphatic rings. The van der Waals surface area contributed by atoms with Gasteiger partial charge in [-0.3, -0.25) is 9.69 Å². The second kappa shape index (κ2) is 6.75. The molecule has 1 aromatic carbocycles. The topological polar surface area (TPSA) is 50.8 Å². The Morgan fingerprint density at radius 1 is 1.29 bits per heavy atom. The lowest BCUT2D eigenvalue weighted by molar-refractivity contribution is -0.856. The Morgan fingerprint density at radius 2 is 2.08 bits per heavy atom. The minimum atomic E-state index is -0.144. The van der Waals surface area contributed by atoms with Crippen molar-refractivity contribution < 1.29 is 14.1 Å².